The monoisotopic (exact) mass is 710 g/mol. The van der Waals surface area contributed by atoms with Crippen LogP contribution in [0.25, 0.3) is 0 Å². The summed E-state index contributed by atoms with van der Waals surface area (Å²) in [5.74, 6) is -0.329. The first-order valence-corrected chi connectivity index (χ1v) is 17.6. The Morgan fingerprint density at radius 3 is 2.31 bits per heavy atom. The van der Waals surface area contributed by atoms with Crippen molar-refractivity contribution in [1.82, 2.24) is 19.8 Å². The largest absolute Gasteiger partial charge is 0.497 e. The van der Waals surface area contributed by atoms with Crippen LogP contribution in [0.5, 0.6) is 5.75 Å². The van der Waals surface area contributed by atoms with Crippen LogP contribution in [0.15, 0.2) is 54.7 Å². The second-order valence-electron chi connectivity index (χ2n) is 14.3. The van der Waals surface area contributed by atoms with E-state index >= 15 is 4.39 Å². The van der Waals surface area contributed by atoms with Gasteiger partial charge in [0.1, 0.15) is 17.4 Å². The Bertz CT molecular complexity index is 1730. The predicted molar refractivity (Wildman–Crippen MR) is 187 cm³/mol. The summed E-state index contributed by atoms with van der Waals surface area (Å²) in [5, 5.41) is 0. The van der Waals surface area contributed by atoms with E-state index in [1.807, 2.05) is 11.8 Å². The van der Waals surface area contributed by atoms with E-state index in [-0.39, 0.29) is 49.8 Å². The van der Waals surface area contributed by atoms with Gasteiger partial charge in [0, 0.05) is 76.5 Å². The Morgan fingerprint density at radius 2 is 1.71 bits per heavy atom. The molecule has 0 N–H and O–H groups in total. The van der Waals surface area contributed by atoms with E-state index in [9.17, 15) is 22.8 Å². The van der Waals surface area contributed by atoms with Crippen LogP contribution in [-0.2, 0) is 15.8 Å². The molecule has 9 nitrogen and oxygen atoms in total. The molecule has 3 aromatic rings. The second kappa shape index (κ2) is 14.3. The molecule has 0 spiro atoms. The van der Waals surface area contributed by atoms with Crippen LogP contribution in [0.1, 0.15) is 60.5 Å². The molecule has 2 aromatic carbocycles. The maximum absolute atomic E-state index is 17.7. The molecule has 6 rings (SSSR count). The number of anilines is 2. The van der Waals surface area contributed by atoms with Crippen molar-refractivity contribution in [2.75, 3.05) is 70.3 Å². The number of hydrogen-bond acceptors (Lipinski definition) is 7. The molecule has 0 aliphatic carbocycles. The Balaban J connectivity index is 1.31. The zero-order valence-electron chi connectivity index (χ0n) is 29.8. The highest BCUT2D eigenvalue weighted by Gasteiger charge is 2.57. The summed E-state index contributed by atoms with van der Waals surface area (Å²) in [7, 11) is 4.97. The van der Waals surface area contributed by atoms with Gasteiger partial charge < -0.3 is 24.3 Å². The molecule has 51 heavy (non-hydrogen) atoms. The number of aromatic nitrogens is 2. The smallest absolute Gasteiger partial charge is 0.416 e. The minimum Gasteiger partial charge on any atom is -0.497 e. The average molecular weight is 711 g/mol. The molecule has 13 heteroatoms. The first kappa shape index (κ1) is 36.4. The quantitative estimate of drug-likeness (QED) is 0.262. The van der Waals surface area contributed by atoms with Crippen molar-refractivity contribution in [3.05, 3.63) is 77.2 Å². The molecule has 0 saturated carbocycles. The highest BCUT2D eigenvalue weighted by Crippen LogP contribution is 2.47. The molecule has 3 fully saturated rings. The third-order valence-corrected chi connectivity index (χ3v) is 11.0. The minimum atomic E-state index is -4.54. The number of aryl methyl sites for hydroxylation is 1. The summed E-state index contributed by atoms with van der Waals surface area (Å²) >= 11 is 0. The minimum absolute atomic E-state index is 0.0170. The fourth-order valence-electron chi connectivity index (χ4n) is 8.14. The number of hydrogen-bond donors (Lipinski definition) is 0. The summed E-state index contributed by atoms with van der Waals surface area (Å²) in [6.45, 7) is 5.09. The molecule has 4 heterocycles. The number of alkyl halides is 4. The van der Waals surface area contributed by atoms with Crippen molar-refractivity contribution >= 4 is 23.3 Å². The van der Waals surface area contributed by atoms with Crippen LogP contribution in [0, 0.1) is 18.8 Å². The molecule has 3 saturated heterocycles. The summed E-state index contributed by atoms with van der Waals surface area (Å²) in [5.41, 5.74) is -1.21. The van der Waals surface area contributed by atoms with Gasteiger partial charge in [-0.25, -0.2) is 14.4 Å². The summed E-state index contributed by atoms with van der Waals surface area (Å²) in [6, 6.07) is 12.6. The van der Waals surface area contributed by atoms with Gasteiger partial charge >= 0.3 is 6.18 Å². The topological polar surface area (TPSA) is 82.1 Å². The molecule has 274 valence electrons. The molecule has 3 aliphatic heterocycles. The third kappa shape index (κ3) is 7.21. The highest BCUT2D eigenvalue weighted by atomic mass is 19.4. The number of carbonyl (C=O) groups is 2. The van der Waals surface area contributed by atoms with Crippen molar-refractivity contribution in [2.45, 2.75) is 56.8 Å². The lowest BCUT2D eigenvalue weighted by Gasteiger charge is -2.36. The van der Waals surface area contributed by atoms with E-state index in [1.165, 1.54) is 12.1 Å². The molecular formula is C38H46F4N6O3. The summed E-state index contributed by atoms with van der Waals surface area (Å²) in [6.07, 6.45) is -1.22. The van der Waals surface area contributed by atoms with Gasteiger partial charge in [0.2, 0.25) is 11.6 Å². The van der Waals surface area contributed by atoms with Gasteiger partial charge in [-0.1, -0.05) is 31.5 Å². The Labute approximate surface area is 296 Å². The van der Waals surface area contributed by atoms with Crippen LogP contribution in [0.3, 0.4) is 0 Å². The number of benzene rings is 2. The predicted octanol–water partition coefficient (Wildman–Crippen LogP) is 6.08. The van der Waals surface area contributed by atoms with Gasteiger partial charge in [-0.3, -0.25) is 9.59 Å². The zero-order chi connectivity index (χ0) is 36.7. The van der Waals surface area contributed by atoms with Crippen molar-refractivity contribution < 1.29 is 31.9 Å². The summed E-state index contributed by atoms with van der Waals surface area (Å²) in [4.78, 5) is 42.7. The Morgan fingerprint density at radius 1 is 1.00 bits per heavy atom. The molecule has 2 amide bonds. The Hall–Kier alpha value is -4.42. The molecular weight excluding hydrogens is 664 g/mol. The standard InChI is InChI=1S/C38H46F4N6O3/c1-6-25-20-47(21-31(25)30-12-9-28(38(40,41)42)19-33(30)46-17-14-27(15-18-46)35(49)45(3)4)36(50)37(39)23-48(34-13-16-43-24(2)44-34)22-32(37)26-7-10-29(51-5)11-8-26/h7-13,16,19,25,27,31-32H,6,14-15,17-18,20-23H2,1-5H3/t25-,31-,32-,37-/m0/s1. The lowest BCUT2D eigenvalue weighted by atomic mass is 9.84. The highest BCUT2D eigenvalue weighted by molar-refractivity contribution is 5.89. The molecule has 3 aliphatic rings. The molecule has 4 atom stereocenters. The number of methoxy groups -OCH3 is 1. The molecule has 0 radical (unpaired) electrons. The lowest BCUT2D eigenvalue weighted by molar-refractivity contribution is -0.142. The number of halogens is 4. The average Bonchev–Trinajstić information content (AvgIpc) is 3.72. The van der Waals surface area contributed by atoms with E-state index in [0.29, 0.717) is 66.6 Å². The first-order chi connectivity index (χ1) is 24.2. The van der Waals surface area contributed by atoms with Crippen molar-refractivity contribution in [2.24, 2.45) is 11.8 Å². The van der Waals surface area contributed by atoms with Crippen LogP contribution in [-0.4, -0.2) is 97.7 Å². The van der Waals surface area contributed by atoms with Crippen LogP contribution in [0.4, 0.5) is 29.1 Å². The van der Waals surface area contributed by atoms with E-state index in [1.54, 1.807) is 79.4 Å². The SMILES string of the molecule is CC[C@H]1CN(C(=O)[C@]2(F)CN(c3ccnc(C)n3)C[C@H]2c2ccc(OC)cc2)C[C@@H]1c1ccc(C(F)(F)F)cc1N1CCC(C(=O)N(C)C)CC1. The van der Waals surface area contributed by atoms with Crippen LogP contribution < -0.4 is 14.5 Å². The van der Waals surface area contributed by atoms with Crippen LogP contribution in [0.2, 0.25) is 0 Å². The van der Waals surface area contributed by atoms with E-state index in [4.69, 9.17) is 4.74 Å². The maximum Gasteiger partial charge on any atom is 0.416 e. The fourth-order valence-corrected chi connectivity index (χ4v) is 8.14. The molecule has 1 aromatic heterocycles. The number of rotatable bonds is 8. The van der Waals surface area contributed by atoms with Gasteiger partial charge in [-0.2, -0.15) is 13.2 Å². The van der Waals surface area contributed by atoms with Gasteiger partial charge in [0.05, 0.1) is 19.2 Å². The van der Waals surface area contributed by atoms with E-state index in [0.717, 1.165) is 6.07 Å². The first-order valence-electron chi connectivity index (χ1n) is 17.6. The van der Waals surface area contributed by atoms with Crippen molar-refractivity contribution in [3.8, 4) is 5.75 Å². The second-order valence-corrected chi connectivity index (χ2v) is 14.3. The van der Waals surface area contributed by atoms with Gasteiger partial charge in [-0.05, 0) is 67.1 Å². The third-order valence-electron chi connectivity index (χ3n) is 11.0. The lowest BCUT2D eigenvalue weighted by Crippen LogP contribution is -2.50. The van der Waals surface area contributed by atoms with Crippen molar-refractivity contribution in [3.63, 3.8) is 0 Å². The normalized spacial score (nSPS) is 24.3. The van der Waals surface area contributed by atoms with Gasteiger partial charge in [-0.15, -0.1) is 0 Å². The number of likely N-dealkylation sites (tertiary alicyclic amines) is 1. The van der Waals surface area contributed by atoms with E-state index < -0.39 is 29.2 Å². The fraction of sp³-hybridized carbons (Fsp3) is 0.526. The number of piperidine rings is 1. The summed E-state index contributed by atoms with van der Waals surface area (Å²) < 4.78 is 65.2. The van der Waals surface area contributed by atoms with Crippen LogP contribution >= 0.6 is 0 Å². The van der Waals surface area contributed by atoms with Gasteiger partial charge in [0.15, 0.2) is 0 Å². The maximum atomic E-state index is 17.7. The molecule has 0 bridgehead atoms. The molecule has 0 unspecified atom stereocenters. The number of amides is 2. The van der Waals surface area contributed by atoms with Crippen molar-refractivity contribution in [1.29, 1.82) is 0 Å². The number of nitrogens with zero attached hydrogens (tertiary/aromatic N) is 6. The zero-order valence-corrected chi connectivity index (χ0v) is 29.8. The van der Waals surface area contributed by atoms with Gasteiger partial charge in [0.25, 0.3) is 5.91 Å². The number of ether oxygens (including phenoxy) is 1. The van der Waals surface area contributed by atoms with E-state index in [2.05, 4.69) is 9.97 Å². The number of carbonyl (C=O) groups excluding carboxylic acids is 2. The Kier molecular flexibility index (Phi) is 10.2.